The highest BCUT2D eigenvalue weighted by Crippen LogP contribution is 2.46. The fourth-order valence-corrected chi connectivity index (χ4v) is 8.30. The molecule has 0 radical (unpaired) electrons. The van der Waals surface area contributed by atoms with Crippen molar-refractivity contribution in [2.45, 2.75) is 69.2 Å². The molecule has 42 heavy (non-hydrogen) atoms. The fourth-order valence-electron chi connectivity index (χ4n) is 8.30. The Labute approximate surface area is 249 Å². The van der Waals surface area contributed by atoms with E-state index in [1.165, 1.54) is 23.7 Å². The summed E-state index contributed by atoms with van der Waals surface area (Å²) in [4.78, 5) is 35.9. The summed E-state index contributed by atoms with van der Waals surface area (Å²) >= 11 is 0. The molecule has 2 N–H and O–H groups in total. The number of ether oxygens (including phenoxy) is 1. The Morgan fingerprint density at radius 2 is 2.02 bits per heavy atom. The van der Waals surface area contributed by atoms with Crippen LogP contribution in [0.4, 0.5) is 5.69 Å². The number of nitrogens with zero attached hydrogens (tertiary/aromatic N) is 5. The lowest BCUT2D eigenvalue weighted by Crippen LogP contribution is -2.75. The Hall–Kier alpha value is -2.81. The van der Waals surface area contributed by atoms with Gasteiger partial charge in [0.2, 0.25) is 5.91 Å². The summed E-state index contributed by atoms with van der Waals surface area (Å²) in [5.41, 5.74) is 2.02. The molecule has 10 heteroatoms. The number of hydrogen-bond donors (Lipinski definition) is 2. The summed E-state index contributed by atoms with van der Waals surface area (Å²) in [5.74, 6) is 0.209. The number of piperazine rings is 1. The number of fused-ring (bicyclic) bond motifs is 2. The Morgan fingerprint density at radius 1 is 1.19 bits per heavy atom. The van der Waals surface area contributed by atoms with E-state index in [-0.39, 0.29) is 42.3 Å². The second kappa shape index (κ2) is 12.1. The highest BCUT2D eigenvalue weighted by atomic mass is 16.5. The number of nitriles is 1. The third kappa shape index (κ3) is 5.38. The van der Waals surface area contributed by atoms with E-state index in [4.69, 9.17) is 4.74 Å². The average Bonchev–Trinajstić information content (AvgIpc) is 3.42. The van der Waals surface area contributed by atoms with Crippen molar-refractivity contribution in [3.63, 3.8) is 0 Å². The molecule has 1 aromatic rings. The quantitative estimate of drug-likeness (QED) is 0.489. The number of nitrogens with one attached hydrogen (secondary N) is 2. The lowest BCUT2D eigenvalue weighted by Gasteiger charge is -2.55. The topological polar surface area (TPSA) is 104 Å². The third-order valence-corrected chi connectivity index (χ3v) is 10.5. The normalized spacial score (nSPS) is 35.5. The average molecular weight is 576 g/mol. The van der Waals surface area contributed by atoms with Gasteiger partial charge in [0, 0.05) is 50.9 Å². The number of rotatable bonds is 6. The molecule has 0 bridgehead atoms. The van der Waals surface area contributed by atoms with Gasteiger partial charge in [-0.3, -0.25) is 25.1 Å². The lowest BCUT2D eigenvalue weighted by atomic mass is 9.61. The number of ketones is 1. The standard InChI is InChI=1S/C32H45N7O3/c1-4-27(40)39-17-16-38(19-23(39)12-14-33)30-25-11-13-32(18-22-8-5-6-10-26(22)37(3)21-32)29(41)28(25)34-31(35-30)42-20-24-9-7-15-36(24)2/h4-6,8,10,23-25,28,30-31,34-35H,1,7,9,11-13,15-21H2,2-3H3/t23?,24?,25?,28?,30?,31?,32-/m0/s1. The predicted molar refractivity (Wildman–Crippen MR) is 160 cm³/mol. The number of carbonyl (C=O) groups excluding carboxylic acids is 2. The monoisotopic (exact) mass is 575 g/mol. The van der Waals surface area contributed by atoms with E-state index in [9.17, 15) is 14.9 Å². The number of para-hydroxylation sites is 1. The first-order valence-electron chi connectivity index (χ1n) is 15.5. The van der Waals surface area contributed by atoms with E-state index >= 15 is 0 Å². The Balaban J connectivity index is 1.25. The van der Waals surface area contributed by atoms with Gasteiger partial charge in [-0.25, -0.2) is 0 Å². The zero-order valence-corrected chi connectivity index (χ0v) is 25.0. The molecule has 6 rings (SSSR count). The number of anilines is 1. The number of benzene rings is 1. The van der Waals surface area contributed by atoms with Crippen molar-refractivity contribution in [2.24, 2.45) is 11.3 Å². The maximum absolute atomic E-state index is 14.6. The number of carbonyl (C=O) groups is 2. The van der Waals surface area contributed by atoms with Gasteiger partial charge < -0.3 is 19.4 Å². The molecule has 226 valence electrons. The van der Waals surface area contributed by atoms with Crippen LogP contribution in [-0.2, 0) is 20.7 Å². The summed E-state index contributed by atoms with van der Waals surface area (Å²) in [6.45, 7) is 7.82. The van der Waals surface area contributed by atoms with Crippen LogP contribution in [0.5, 0.6) is 0 Å². The molecule has 1 aliphatic carbocycles. The number of hydrogen-bond acceptors (Lipinski definition) is 9. The van der Waals surface area contributed by atoms with Crippen LogP contribution in [0.1, 0.15) is 37.7 Å². The maximum Gasteiger partial charge on any atom is 0.246 e. The van der Waals surface area contributed by atoms with Crippen LogP contribution in [0.15, 0.2) is 36.9 Å². The van der Waals surface area contributed by atoms with Gasteiger partial charge in [0.1, 0.15) is 0 Å². The van der Waals surface area contributed by atoms with Crippen LogP contribution < -0.4 is 15.5 Å². The van der Waals surface area contributed by atoms with Crippen molar-refractivity contribution >= 4 is 17.4 Å². The summed E-state index contributed by atoms with van der Waals surface area (Å²) in [6, 6.07) is 10.5. The van der Waals surface area contributed by atoms with Crippen molar-refractivity contribution in [1.82, 2.24) is 25.3 Å². The molecule has 7 atom stereocenters. The van der Waals surface area contributed by atoms with E-state index < -0.39 is 11.8 Å². The minimum absolute atomic E-state index is 0.0593. The molecule has 6 unspecified atom stereocenters. The number of amides is 1. The van der Waals surface area contributed by atoms with E-state index in [0.29, 0.717) is 32.3 Å². The first-order valence-corrected chi connectivity index (χ1v) is 15.5. The van der Waals surface area contributed by atoms with E-state index in [2.05, 4.69) is 76.3 Å². The van der Waals surface area contributed by atoms with Gasteiger partial charge in [-0.2, -0.15) is 5.26 Å². The zero-order valence-electron chi connectivity index (χ0n) is 25.0. The molecule has 4 heterocycles. The molecule has 4 aliphatic heterocycles. The van der Waals surface area contributed by atoms with Gasteiger partial charge in [-0.15, -0.1) is 0 Å². The molecule has 5 aliphatic rings. The molecule has 1 spiro atoms. The molecule has 1 saturated carbocycles. The Morgan fingerprint density at radius 3 is 2.79 bits per heavy atom. The third-order valence-electron chi connectivity index (χ3n) is 10.5. The van der Waals surface area contributed by atoms with E-state index in [0.717, 1.165) is 38.8 Å². The van der Waals surface area contributed by atoms with Crippen molar-refractivity contribution in [2.75, 3.05) is 58.3 Å². The molecule has 4 fully saturated rings. The number of likely N-dealkylation sites (N-methyl/N-ethyl adjacent to an activating group) is 1. The molecule has 10 nitrogen and oxygen atoms in total. The lowest BCUT2D eigenvalue weighted by molar-refractivity contribution is -0.152. The molecule has 0 aromatic heterocycles. The van der Waals surface area contributed by atoms with Gasteiger partial charge in [-0.1, -0.05) is 24.8 Å². The van der Waals surface area contributed by atoms with Crippen molar-refractivity contribution in [3.05, 3.63) is 42.5 Å². The van der Waals surface area contributed by atoms with Crippen LogP contribution in [0.3, 0.4) is 0 Å². The van der Waals surface area contributed by atoms with Gasteiger partial charge in [-0.05, 0) is 63.4 Å². The Bertz CT molecular complexity index is 1230. The zero-order chi connectivity index (χ0) is 29.4. The van der Waals surface area contributed by atoms with Crippen LogP contribution in [0.25, 0.3) is 0 Å². The number of likely N-dealkylation sites (tertiary alicyclic amines) is 1. The number of Topliss-reactive ketones (excluding diaryl/α,β-unsaturated/α-hetero) is 1. The second-order valence-corrected chi connectivity index (χ2v) is 13.0. The molecular formula is C32H45N7O3. The fraction of sp³-hybridized carbons (Fsp3) is 0.656. The summed E-state index contributed by atoms with van der Waals surface area (Å²) in [7, 11) is 4.24. The minimum atomic E-state index is -0.458. The van der Waals surface area contributed by atoms with E-state index in [1.807, 2.05) is 0 Å². The van der Waals surface area contributed by atoms with Gasteiger partial charge in [0.25, 0.3) is 0 Å². The first kappa shape index (κ1) is 29.3. The van der Waals surface area contributed by atoms with Crippen LogP contribution in [-0.4, -0.2) is 110 Å². The van der Waals surface area contributed by atoms with Crippen LogP contribution in [0, 0.1) is 22.7 Å². The molecular weight excluding hydrogens is 530 g/mol. The minimum Gasteiger partial charge on any atom is -0.373 e. The van der Waals surface area contributed by atoms with Crippen LogP contribution >= 0.6 is 0 Å². The highest BCUT2D eigenvalue weighted by molar-refractivity contribution is 5.93. The summed E-state index contributed by atoms with van der Waals surface area (Å²) in [5, 5.41) is 16.9. The molecule has 1 amide bonds. The SMILES string of the molecule is C=CC(=O)N1CCN(C2NC(OCC3CCCN3C)NC3C(=O)[C@@]4(CCC32)Cc2ccccc2N(C)C4)CC1CC#N. The smallest absolute Gasteiger partial charge is 0.246 e. The van der Waals surface area contributed by atoms with E-state index in [1.54, 1.807) is 4.90 Å². The Kier molecular flexibility index (Phi) is 8.40. The molecule has 3 saturated heterocycles. The molecule has 1 aromatic carbocycles. The van der Waals surface area contributed by atoms with Crippen molar-refractivity contribution < 1.29 is 14.3 Å². The van der Waals surface area contributed by atoms with Crippen molar-refractivity contribution in [3.8, 4) is 6.07 Å². The van der Waals surface area contributed by atoms with Gasteiger partial charge in [0.15, 0.2) is 12.1 Å². The first-order chi connectivity index (χ1) is 20.3. The highest BCUT2D eigenvalue weighted by Gasteiger charge is 2.56. The van der Waals surface area contributed by atoms with Gasteiger partial charge in [0.05, 0.1) is 42.8 Å². The van der Waals surface area contributed by atoms with Crippen LogP contribution in [0.2, 0.25) is 0 Å². The van der Waals surface area contributed by atoms with Gasteiger partial charge >= 0.3 is 0 Å². The summed E-state index contributed by atoms with van der Waals surface area (Å²) < 4.78 is 6.48. The maximum atomic E-state index is 14.6. The predicted octanol–water partition coefficient (Wildman–Crippen LogP) is 1.54. The van der Waals surface area contributed by atoms with Crippen molar-refractivity contribution in [1.29, 1.82) is 5.26 Å². The summed E-state index contributed by atoms with van der Waals surface area (Å²) in [6.07, 6.45) is 5.83. The second-order valence-electron chi connectivity index (χ2n) is 13.0. The largest absolute Gasteiger partial charge is 0.373 e.